The zero-order valence-electron chi connectivity index (χ0n) is 18.7. The van der Waals surface area contributed by atoms with Crippen molar-refractivity contribution in [1.29, 1.82) is 0 Å². The van der Waals surface area contributed by atoms with Crippen LogP contribution in [0.1, 0.15) is 26.4 Å². The molecular formula is C24H19F2N3O6S. The molecule has 0 radical (unpaired) electrons. The number of nitrogens with one attached hydrogen (secondary N) is 1. The fourth-order valence-corrected chi connectivity index (χ4v) is 4.44. The van der Waals surface area contributed by atoms with Crippen LogP contribution in [-0.2, 0) is 21.3 Å². The van der Waals surface area contributed by atoms with Crippen molar-refractivity contribution in [2.24, 2.45) is 0 Å². The number of nitrogens with zero attached hydrogens (tertiary/aromatic N) is 2. The van der Waals surface area contributed by atoms with Crippen LogP contribution < -0.4 is 9.46 Å². The van der Waals surface area contributed by atoms with Gasteiger partial charge in [-0.05, 0) is 48.0 Å². The molecule has 4 aromatic rings. The van der Waals surface area contributed by atoms with Gasteiger partial charge in [0.2, 0.25) is 0 Å². The molecule has 1 amide bonds. The number of para-hydroxylation sites is 1. The van der Waals surface area contributed by atoms with Crippen LogP contribution in [0.2, 0.25) is 0 Å². The molecule has 1 heterocycles. The minimum absolute atomic E-state index is 0.00367. The van der Waals surface area contributed by atoms with Crippen molar-refractivity contribution in [2.75, 3.05) is 7.11 Å². The molecule has 12 heteroatoms. The van der Waals surface area contributed by atoms with Crippen molar-refractivity contribution in [2.45, 2.75) is 18.1 Å². The molecule has 36 heavy (non-hydrogen) atoms. The van der Waals surface area contributed by atoms with Crippen LogP contribution in [0.15, 0.2) is 77.7 Å². The van der Waals surface area contributed by atoms with E-state index in [1.807, 2.05) is 4.72 Å². The van der Waals surface area contributed by atoms with Gasteiger partial charge in [-0.1, -0.05) is 30.3 Å². The number of benzene rings is 3. The molecule has 0 bridgehead atoms. The molecule has 1 N–H and O–H groups in total. The van der Waals surface area contributed by atoms with E-state index in [4.69, 9.17) is 0 Å². The average Bonchev–Trinajstić information content (AvgIpc) is 3.23. The van der Waals surface area contributed by atoms with E-state index < -0.39 is 28.5 Å². The maximum Gasteiger partial charge on any atom is 0.387 e. The van der Waals surface area contributed by atoms with Gasteiger partial charge < -0.3 is 9.47 Å². The number of alkyl halides is 2. The molecule has 1 aromatic heterocycles. The normalized spacial score (nSPS) is 11.4. The maximum absolute atomic E-state index is 13.0. The summed E-state index contributed by atoms with van der Waals surface area (Å²) in [5.41, 5.74) is 1.30. The van der Waals surface area contributed by atoms with Gasteiger partial charge in [0.05, 0.1) is 29.6 Å². The lowest BCUT2D eigenvalue weighted by Gasteiger charge is -2.07. The summed E-state index contributed by atoms with van der Waals surface area (Å²) in [6, 6.07) is 17.6. The molecule has 0 fully saturated rings. The molecule has 0 atom stereocenters. The highest BCUT2D eigenvalue weighted by atomic mass is 32.2. The first kappa shape index (κ1) is 24.8. The van der Waals surface area contributed by atoms with Gasteiger partial charge >= 0.3 is 12.6 Å². The van der Waals surface area contributed by atoms with Gasteiger partial charge in [0.25, 0.3) is 15.9 Å². The Kier molecular flexibility index (Phi) is 6.97. The van der Waals surface area contributed by atoms with E-state index in [0.29, 0.717) is 16.5 Å². The molecule has 4 rings (SSSR count). The van der Waals surface area contributed by atoms with Crippen LogP contribution in [0.5, 0.6) is 5.75 Å². The number of hydrogen-bond acceptors (Lipinski definition) is 7. The van der Waals surface area contributed by atoms with Crippen molar-refractivity contribution in [3.63, 3.8) is 0 Å². The van der Waals surface area contributed by atoms with Crippen LogP contribution in [0.4, 0.5) is 8.78 Å². The lowest BCUT2D eigenvalue weighted by Crippen LogP contribution is -2.31. The Balaban J connectivity index is 1.58. The predicted molar refractivity (Wildman–Crippen MR) is 124 cm³/mol. The second-order valence-electron chi connectivity index (χ2n) is 7.50. The molecule has 186 valence electrons. The fourth-order valence-electron chi connectivity index (χ4n) is 3.48. The third kappa shape index (κ3) is 5.33. The van der Waals surface area contributed by atoms with Crippen molar-refractivity contribution < 1.29 is 36.3 Å². The quantitative estimate of drug-likeness (QED) is 0.357. The summed E-state index contributed by atoms with van der Waals surface area (Å²) >= 11 is 0. The zero-order chi connectivity index (χ0) is 25.9. The number of esters is 1. The fraction of sp³-hybridized carbons (Fsp3) is 0.125. The zero-order valence-corrected chi connectivity index (χ0v) is 19.5. The molecule has 9 nitrogen and oxygen atoms in total. The summed E-state index contributed by atoms with van der Waals surface area (Å²) < 4.78 is 62.7. The van der Waals surface area contributed by atoms with Crippen molar-refractivity contribution >= 4 is 32.8 Å². The molecule has 0 aliphatic heterocycles. The van der Waals surface area contributed by atoms with Crippen LogP contribution in [0, 0.1) is 0 Å². The molecular weight excluding hydrogens is 496 g/mol. The van der Waals surface area contributed by atoms with Gasteiger partial charge in [-0.15, -0.1) is 0 Å². The highest BCUT2D eigenvalue weighted by Crippen LogP contribution is 2.22. The van der Waals surface area contributed by atoms with E-state index >= 15 is 0 Å². The lowest BCUT2D eigenvalue weighted by molar-refractivity contribution is -0.0498. The monoisotopic (exact) mass is 515 g/mol. The van der Waals surface area contributed by atoms with E-state index in [1.54, 1.807) is 36.4 Å². The standard InChI is InChI=1S/C24H19F2N3O6S/c1-34-23(31)16-8-12-18(13-9-16)36(32,33)28-22(30)21-19-4-2-3-5-20(19)29(27-21)14-15-6-10-17(11-7-15)35-24(25)26/h2-13,24H,14H2,1H3,(H,28,30). The van der Waals surface area contributed by atoms with Crippen LogP contribution in [-0.4, -0.2) is 43.8 Å². The molecule has 0 aliphatic rings. The highest BCUT2D eigenvalue weighted by molar-refractivity contribution is 7.90. The number of halogens is 2. The third-order valence-corrected chi connectivity index (χ3v) is 6.51. The molecule has 0 saturated heterocycles. The minimum atomic E-state index is -4.27. The number of fused-ring (bicyclic) bond motifs is 1. The number of carbonyl (C=O) groups is 2. The number of methoxy groups -OCH3 is 1. The molecule has 0 spiro atoms. The Labute approximate surface area is 204 Å². The topological polar surface area (TPSA) is 117 Å². The smallest absolute Gasteiger partial charge is 0.387 e. The second-order valence-corrected chi connectivity index (χ2v) is 9.18. The van der Waals surface area contributed by atoms with E-state index in [0.717, 1.165) is 0 Å². The molecule has 0 aliphatic carbocycles. The average molecular weight is 515 g/mol. The highest BCUT2D eigenvalue weighted by Gasteiger charge is 2.24. The number of rotatable bonds is 8. The van der Waals surface area contributed by atoms with Crippen LogP contribution in [0.25, 0.3) is 10.9 Å². The first-order valence-electron chi connectivity index (χ1n) is 10.4. The predicted octanol–water partition coefficient (Wildman–Crippen LogP) is 3.59. The van der Waals surface area contributed by atoms with Crippen LogP contribution >= 0.6 is 0 Å². The van der Waals surface area contributed by atoms with E-state index in [9.17, 15) is 26.8 Å². The van der Waals surface area contributed by atoms with Crippen molar-refractivity contribution in [1.82, 2.24) is 14.5 Å². The van der Waals surface area contributed by atoms with Gasteiger partial charge in [-0.2, -0.15) is 13.9 Å². The number of hydrogen-bond donors (Lipinski definition) is 1. The van der Waals surface area contributed by atoms with E-state index in [1.165, 1.54) is 48.2 Å². The SMILES string of the molecule is COC(=O)c1ccc(S(=O)(=O)NC(=O)c2nn(Cc3ccc(OC(F)F)cc3)c3ccccc23)cc1. The summed E-state index contributed by atoms with van der Waals surface area (Å²) in [6.45, 7) is -2.75. The number of sulfonamides is 1. The van der Waals surface area contributed by atoms with Gasteiger partial charge in [0, 0.05) is 5.39 Å². The number of amides is 1. The minimum Gasteiger partial charge on any atom is -0.465 e. The lowest BCUT2D eigenvalue weighted by atomic mass is 10.2. The summed E-state index contributed by atoms with van der Waals surface area (Å²) in [6.07, 6.45) is 0. The van der Waals surface area contributed by atoms with Gasteiger partial charge in [-0.3, -0.25) is 9.48 Å². The van der Waals surface area contributed by atoms with Crippen LogP contribution in [0.3, 0.4) is 0 Å². The summed E-state index contributed by atoms with van der Waals surface area (Å²) in [5, 5.41) is 4.73. The Hall–Kier alpha value is -4.32. The number of aromatic nitrogens is 2. The van der Waals surface area contributed by atoms with Gasteiger partial charge in [0.1, 0.15) is 5.75 Å². The van der Waals surface area contributed by atoms with Gasteiger partial charge in [-0.25, -0.2) is 17.9 Å². The third-order valence-electron chi connectivity index (χ3n) is 5.17. The number of ether oxygens (including phenoxy) is 2. The summed E-state index contributed by atoms with van der Waals surface area (Å²) in [7, 11) is -3.06. The first-order valence-corrected chi connectivity index (χ1v) is 11.9. The van der Waals surface area contributed by atoms with E-state index in [2.05, 4.69) is 14.6 Å². The number of carbonyl (C=O) groups excluding carboxylic acids is 2. The largest absolute Gasteiger partial charge is 0.465 e. The Morgan fingerprint density at radius 3 is 2.31 bits per heavy atom. The Morgan fingerprint density at radius 1 is 1.00 bits per heavy atom. The summed E-state index contributed by atoms with van der Waals surface area (Å²) in [5.74, 6) is -1.57. The molecule has 3 aromatic carbocycles. The Morgan fingerprint density at radius 2 is 1.67 bits per heavy atom. The van der Waals surface area contributed by atoms with Crippen molar-refractivity contribution in [3.05, 3.63) is 89.6 Å². The Bertz CT molecular complexity index is 1520. The van der Waals surface area contributed by atoms with Crippen molar-refractivity contribution in [3.8, 4) is 5.75 Å². The second kappa shape index (κ2) is 10.1. The molecule has 0 saturated carbocycles. The maximum atomic E-state index is 13.0. The first-order chi connectivity index (χ1) is 17.2. The van der Waals surface area contributed by atoms with Gasteiger partial charge in [0.15, 0.2) is 5.69 Å². The van der Waals surface area contributed by atoms with E-state index in [-0.39, 0.29) is 28.4 Å². The molecule has 0 unspecified atom stereocenters. The summed E-state index contributed by atoms with van der Waals surface area (Å²) in [4.78, 5) is 24.3.